The number of nitrogens with zero attached hydrogens (tertiary/aromatic N) is 2. The van der Waals surface area contributed by atoms with Gasteiger partial charge in [0.2, 0.25) is 0 Å². The second-order valence-corrected chi connectivity index (χ2v) is 5.70. The first-order valence-corrected chi connectivity index (χ1v) is 7.71. The Morgan fingerprint density at radius 2 is 2.15 bits per heavy atom. The molecule has 2 N–H and O–H groups in total. The molecule has 0 aliphatic carbocycles. The highest BCUT2D eigenvalue weighted by atomic mass is 16.5. The molecule has 2 unspecified atom stereocenters. The van der Waals surface area contributed by atoms with E-state index in [1.807, 2.05) is 0 Å². The first-order valence-electron chi connectivity index (χ1n) is 7.71. The number of rotatable bonds is 8. The quantitative estimate of drug-likeness (QED) is 0.558. The topological polar surface area (TPSA) is 57.2 Å². The van der Waals surface area contributed by atoms with Crippen LogP contribution in [0.1, 0.15) is 6.42 Å². The third kappa shape index (κ3) is 5.27. The highest BCUT2D eigenvalue weighted by Crippen LogP contribution is 2.16. The Kier molecular flexibility index (Phi) is 7.19. The van der Waals surface area contributed by atoms with E-state index in [0.29, 0.717) is 19.2 Å². The number of ether oxygens (including phenoxy) is 2. The summed E-state index contributed by atoms with van der Waals surface area (Å²) in [4.78, 5) is 4.91. The van der Waals surface area contributed by atoms with Crippen molar-refractivity contribution in [1.82, 2.24) is 15.1 Å². The maximum atomic E-state index is 10.0. The zero-order valence-electron chi connectivity index (χ0n) is 12.6. The van der Waals surface area contributed by atoms with E-state index >= 15 is 0 Å². The zero-order chi connectivity index (χ0) is 14.2. The lowest BCUT2D eigenvalue weighted by Gasteiger charge is -2.32. The molecule has 118 valence electrons. The van der Waals surface area contributed by atoms with Gasteiger partial charge in [-0.25, -0.2) is 0 Å². The fourth-order valence-corrected chi connectivity index (χ4v) is 3.02. The van der Waals surface area contributed by atoms with Crippen molar-refractivity contribution < 1.29 is 14.6 Å². The summed E-state index contributed by atoms with van der Waals surface area (Å²) in [6, 6.07) is 0.646. The molecule has 0 radical (unpaired) electrons. The van der Waals surface area contributed by atoms with Crippen molar-refractivity contribution in [3.63, 3.8) is 0 Å². The zero-order valence-corrected chi connectivity index (χ0v) is 12.6. The van der Waals surface area contributed by atoms with Crippen LogP contribution in [-0.2, 0) is 9.47 Å². The maximum absolute atomic E-state index is 10.0. The van der Waals surface area contributed by atoms with Gasteiger partial charge in [0, 0.05) is 52.4 Å². The Labute approximate surface area is 122 Å². The molecule has 20 heavy (non-hydrogen) atoms. The molecular formula is C14H29N3O3. The van der Waals surface area contributed by atoms with Crippen molar-refractivity contribution in [2.24, 2.45) is 0 Å². The fraction of sp³-hybridized carbons (Fsp3) is 1.00. The van der Waals surface area contributed by atoms with E-state index in [9.17, 15) is 5.11 Å². The monoisotopic (exact) mass is 287 g/mol. The van der Waals surface area contributed by atoms with Gasteiger partial charge in [-0.3, -0.25) is 9.80 Å². The molecule has 0 amide bonds. The molecule has 2 atom stereocenters. The molecule has 2 aliphatic rings. The van der Waals surface area contributed by atoms with E-state index in [1.54, 1.807) is 7.11 Å². The SMILES string of the molecule is COCCNCC(O)CN1CCC(N2CCOCC2)C1. The van der Waals surface area contributed by atoms with Crippen LogP contribution in [0.5, 0.6) is 0 Å². The minimum absolute atomic E-state index is 0.296. The molecule has 0 aromatic carbocycles. The van der Waals surface area contributed by atoms with Gasteiger partial charge < -0.3 is 19.9 Å². The number of nitrogens with one attached hydrogen (secondary N) is 1. The Hall–Kier alpha value is -0.240. The summed E-state index contributed by atoms with van der Waals surface area (Å²) < 4.78 is 10.4. The summed E-state index contributed by atoms with van der Waals surface area (Å²) in [6.07, 6.45) is 0.916. The molecular weight excluding hydrogens is 258 g/mol. The molecule has 2 rings (SSSR count). The van der Waals surface area contributed by atoms with Crippen LogP contribution < -0.4 is 5.32 Å². The molecule has 6 heteroatoms. The van der Waals surface area contributed by atoms with E-state index in [2.05, 4.69) is 15.1 Å². The fourth-order valence-electron chi connectivity index (χ4n) is 3.02. The number of hydrogen-bond donors (Lipinski definition) is 2. The van der Waals surface area contributed by atoms with Crippen molar-refractivity contribution >= 4 is 0 Å². The molecule has 0 spiro atoms. The second-order valence-electron chi connectivity index (χ2n) is 5.70. The maximum Gasteiger partial charge on any atom is 0.0791 e. The van der Waals surface area contributed by atoms with Crippen LogP contribution in [0.4, 0.5) is 0 Å². The molecule has 0 aromatic heterocycles. The molecule has 0 aromatic rings. The van der Waals surface area contributed by atoms with Crippen LogP contribution in [0.3, 0.4) is 0 Å². The molecule has 2 fully saturated rings. The van der Waals surface area contributed by atoms with Gasteiger partial charge in [-0.05, 0) is 13.0 Å². The summed E-state index contributed by atoms with van der Waals surface area (Å²) in [5.74, 6) is 0. The Balaban J connectivity index is 1.60. The van der Waals surface area contributed by atoms with Gasteiger partial charge in [0.15, 0.2) is 0 Å². The number of hydrogen-bond acceptors (Lipinski definition) is 6. The van der Waals surface area contributed by atoms with E-state index < -0.39 is 0 Å². The Morgan fingerprint density at radius 1 is 1.35 bits per heavy atom. The first kappa shape index (κ1) is 16.1. The number of likely N-dealkylation sites (tertiary alicyclic amines) is 1. The number of β-amino-alcohol motifs (C(OH)–C–C–N with tert-alkyl or cyclic N) is 1. The minimum Gasteiger partial charge on any atom is -0.390 e. The number of morpholine rings is 1. The predicted octanol–water partition coefficient (Wildman–Crippen LogP) is -1.01. The number of aliphatic hydroxyl groups excluding tert-OH is 1. The predicted molar refractivity (Wildman–Crippen MR) is 78.0 cm³/mol. The van der Waals surface area contributed by atoms with Gasteiger partial charge in [0.05, 0.1) is 25.9 Å². The number of aliphatic hydroxyl groups is 1. The van der Waals surface area contributed by atoms with Gasteiger partial charge in [-0.15, -0.1) is 0 Å². The highest BCUT2D eigenvalue weighted by Gasteiger charge is 2.29. The average molecular weight is 287 g/mol. The van der Waals surface area contributed by atoms with E-state index in [0.717, 1.165) is 52.5 Å². The van der Waals surface area contributed by atoms with Gasteiger partial charge in [0.1, 0.15) is 0 Å². The molecule has 6 nitrogen and oxygen atoms in total. The van der Waals surface area contributed by atoms with Gasteiger partial charge in [-0.2, -0.15) is 0 Å². The minimum atomic E-state index is -0.296. The van der Waals surface area contributed by atoms with Crippen LogP contribution in [-0.4, -0.2) is 99.8 Å². The highest BCUT2D eigenvalue weighted by molar-refractivity contribution is 4.85. The molecule has 2 heterocycles. The first-order chi connectivity index (χ1) is 9.79. The standard InChI is InChI=1S/C14H29N3O3/c1-19-7-3-15-10-14(18)12-16-4-2-13(11-16)17-5-8-20-9-6-17/h13-15,18H,2-12H2,1H3. The lowest BCUT2D eigenvalue weighted by molar-refractivity contribution is 0.0174. The summed E-state index contributed by atoms with van der Waals surface area (Å²) in [5.41, 5.74) is 0. The van der Waals surface area contributed by atoms with Crippen LogP contribution in [0, 0.1) is 0 Å². The smallest absolute Gasteiger partial charge is 0.0791 e. The van der Waals surface area contributed by atoms with Crippen molar-refractivity contribution in [3.8, 4) is 0 Å². The van der Waals surface area contributed by atoms with E-state index in [4.69, 9.17) is 9.47 Å². The summed E-state index contributed by atoms with van der Waals surface area (Å²) in [5, 5.41) is 13.2. The van der Waals surface area contributed by atoms with Crippen LogP contribution in [0.2, 0.25) is 0 Å². The largest absolute Gasteiger partial charge is 0.390 e. The van der Waals surface area contributed by atoms with Crippen molar-refractivity contribution in [3.05, 3.63) is 0 Å². The van der Waals surface area contributed by atoms with Gasteiger partial charge >= 0.3 is 0 Å². The van der Waals surface area contributed by atoms with Crippen LogP contribution in [0.15, 0.2) is 0 Å². The normalized spacial score (nSPS) is 27.0. The summed E-state index contributed by atoms with van der Waals surface area (Å²) in [7, 11) is 1.69. The third-order valence-electron chi connectivity index (χ3n) is 4.14. The van der Waals surface area contributed by atoms with Crippen molar-refractivity contribution in [2.45, 2.75) is 18.6 Å². The van der Waals surface area contributed by atoms with E-state index in [-0.39, 0.29) is 6.10 Å². The van der Waals surface area contributed by atoms with E-state index in [1.165, 1.54) is 6.42 Å². The molecule has 2 saturated heterocycles. The van der Waals surface area contributed by atoms with Crippen LogP contribution >= 0.6 is 0 Å². The average Bonchev–Trinajstić information content (AvgIpc) is 2.93. The third-order valence-corrected chi connectivity index (χ3v) is 4.14. The van der Waals surface area contributed by atoms with Gasteiger partial charge in [-0.1, -0.05) is 0 Å². The van der Waals surface area contributed by atoms with Gasteiger partial charge in [0.25, 0.3) is 0 Å². The second kappa shape index (κ2) is 8.92. The lowest BCUT2D eigenvalue weighted by atomic mass is 10.2. The Bertz CT molecular complexity index is 262. The lowest BCUT2D eigenvalue weighted by Crippen LogP contribution is -2.45. The number of methoxy groups -OCH3 is 1. The molecule has 2 aliphatic heterocycles. The summed E-state index contributed by atoms with van der Waals surface area (Å²) >= 11 is 0. The van der Waals surface area contributed by atoms with Crippen LogP contribution in [0.25, 0.3) is 0 Å². The van der Waals surface area contributed by atoms with Crippen molar-refractivity contribution in [2.75, 3.05) is 72.7 Å². The van der Waals surface area contributed by atoms with Crippen molar-refractivity contribution in [1.29, 1.82) is 0 Å². The molecule has 0 bridgehead atoms. The summed E-state index contributed by atoms with van der Waals surface area (Å²) in [6.45, 7) is 8.90. The Morgan fingerprint density at radius 3 is 2.90 bits per heavy atom. The molecule has 0 saturated carbocycles.